The van der Waals surface area contributed by atoms with Gasteiger partial charge in [-0.05, 0) is 41.4 Å². The SMILES string of the molecule is CCCCC(C)NC(=O)c1cc(Cl)c(Br)c(S(N)(=O)=O)c1. The number of primary sulfonamides is 1. The van der Waals surface area contributed by atoms with Gasteiger partial charge in [0.15, 0.2) is 0 Å². The van der Waals surface area contributed by atoms with Crippen molar-refractivity contribution in [1.82, 2.24) is 5.32 Å². The van der Waals surface area contributed by atoms with Crippen LogP contribution in [0.3, 0.4) is 0 Å². The molecule has 1 aromatic rings. The standard InChI is InChI=1S/C13H18BrClN2O3S/c1-3-4-5-8(2)17-13(18)9-6-10(15)12(14)11(7-9)21(16,19)20/h6-8H,3-5H2,1-2H3,(H,17,18)(H2,16,19,20). The van der Waals surface area contributed by atoms with E-state index in [4.69, 9.17) is 16.7 Å². The van der Waals surface area contributed by atoms with Gasteiger partial charge in [0.25, 0.3) is 5.91 Å². The highest BCUT2D eigenvalue weighted by molar-refractivity contribution is 9.10. The zero-order valence-electron chi connectivity index (χ0n) is 11.8. The number of hydrogen-bond acceptors (Lipinski definition) is 3. The smallest absolute Gasteiger partial charge is 0.251 e. The fraction of sp³-hybridized carbons (Fsp3) is 0.462. The van der Waals surface area contributed by atoms with E-state index in [-0.39, 0.29) is 31.9 Å². The first-order valence-corrected chi connectivity index (χ1v) is 9.21. The Balaban J connectivity index is 3.04. The maximum atomic E-state index is 12.1. The molecule has 1 atom stereocenters. The third-order valence-corrected chi connectivity index (χ3v) is 5.51. The topological polar surface area (TPSA) is 89.3 Å². The summed E-state index contributed by atoms with van der Waals surface area (Å²) in [5, 5.41) is 8.04. The summed E-state index contributed by atoms with van der Waals surface area (Å²) in [4.78, 5) is 11.9. The van der Waals surface area contributed by atoms with Crippen LogP contribution in [0.15, 0.2) is 21.5 Å². The van der Waals surface area contributed by atoms with Gasteiger partial charge in [-0.25, -0.2) is 13.6 Å². The van der Waals surface area contributed by atoms with E-state index in [0.717, 1.165) is 19.3 Å². The molecule has 118 valence electrons. The molecule has 3 N–H and O–H groups in total. The second-order valence-corrected chi connectivity index (χ2v) is 7.56. The highest BCUT2D eigenvalue weighted by Crippen LogP contribution is 2.30. The third kappa shape index (κ3) is 5.25. The zero-order chi connectivity index (χ0) is 16.2. The number of halogens is 2. The van der Waals surface area contributed by atoms with E-state index in [1.807, 2.05) is 6.92 Å². The molecule has 5 nitrogen and oxygen atoms in total. The molecule has 0 aliphatic rings. The minimum atomic E-state index is -3.97. The summed E-state index contributed by atoms with van der Waals surface area (Å²) in [5.74, 6) is -0.377. The average molecular weight is 398 g/mol. The van der Waals surface area contributed by atoms with Crippen molar-refractivity contribution >= 4 is 43.5 Å². The van der Waals surface area contributed by atoms with E-state index in [9.17, 15) is 13.2 Å². The highest BCUT2D eigenvalue weighted by Gasteiger charge is 2.20. The zero-order valence-corrected chi connectivity index (χ0v) is 15.0. The summed E-state index contributed by atoms with van der Waals surface area (Å²) in [6.45, 7) is 3.97. The Labute approximate surface area is 138 Å². The van der Waals surface area contributed by atoms with Crippen molar-refractivity contribution in [3.05, 3.63) is 27.2 Å². The van der Waals surface area contributed by atoms with Crippen LogP contribution in [-0.4, -0.2) is 20.4 Å². The van der Waals surface area contributed by atoms with E-state index in [1.165, 1.54) is 12.1 Å². The van der Waals surface area contributed by atoms with Gasteiger partial charge in [0.05, 0.1) is 14.4 Å². The number of unbranched alkanes of at least 4 members (excludes halogenated alkanes) is 1. The summed E-state index contributed by atoms with van der Waals surface area (Å²) in [6, 6.07) is 2.62. The predicted molar refractivity (Wildman–Crippen MR) is 87.0 cm³/mol. The number of nitrogens with two attached hydrogens (primary N) is 1. The second kappa shape index (κ2) is 7.58. The molecule has 0 spiro atoms. The largest absolute Gasteiger partial charge is 0.350 e. The van der Waals surface area contributed by atoms with Gasteiger partial charge in [-0.2, -0.15) is 0 Å². The molecule has 0 bridgehead atoms. The van der Waals surface area contributed by atoms with Crippen LogP contribution in [0.25, 0.3) is 0 Å². The van der Waals surface area contributed by atoms with Crippen molar-refractivity contribution in [3.8, 4) is 0 Å². The van der Waals surface area contributed by atoms with Crippen molar-refractivity contribution in [2.45, 2.75) is 44.0 Å². The summed E-state index contributed by atoms with van der Waals surface area (Å²) in [5.41, 5.74) is 0.163. The first-order valence-electron chi connectivity index (χ1n) is 6.49. The van der Waals surface area contributed by atoms with Crippen LogP contribution >= 0.6 is 27.5 Å². The molecule has 0 saturated carbocycles. The number of amides is 1. The minimum absolute atomic E-state index is 0.00203. The van der Waals surface area contributed by atoms with Gasteiger partial charge in [-0.1, -0.05) is 31.4 Å². The fourth-order valence-corrected chi connectivity index (χ4v) is 3.62. The number of hydrogen-bond donors (Lipinski definition) is 2. The third-order valence-electron chi connectivity index (χ3n) is 2.93. The summed E-state index contributed by atoms with van der Waals surface area (Å²) < 4.78 is 23.2. The Morgan fingerprint density at radius 2 is 2.10 bits per heavy atom. The molecule has 0 aliphatic carbocycles. The van der Waals surface area contributed by atoms with E-state index in [2.05, 4.69) is 28.2 Å². The monoisotopic (exact) mass is 396 g/mol. The van der Waals surface area contributed by atoms with Gasteiger partial charge < -0.3 is 5.32 Å². The first kappa shape index (κ1) is 18.4. The van der Waals surface area contributed by atoms with Gasteiger partial charge >= 0.3 is 0 Å². The molecule has 1 rings (SSSR count). The Kier molecular flexibility index (Phi) is 6.65. The molecule has 0 aromatic heterocycles. The van der Waals surface area contributed by atoms with Crippen LogP contribution in [0.5, 0.6) is 0 Å². The average Bonchev–Trinajstić information content (AvgIpc) is 2.37. The summed E-state index contributed by atoms with van der Waals surface area (Å²) >= 11 is 9.00. The fourth-order valence-electron chi connectivity index (χ4n) is 1.79. The maximum absolute atomic E-state index is 12.1. The van der Waals surface area contributed by atoms with Crippen LogP contribution in [0, 0.1) is 0 Å². The molecule has 1 unspecified atom stereocenters. The van der Waals surface area contributed by atoms with Gasteiger partial charge in [0.2, 0.25) is 10.0 Å². The Hall–Kier alpha value is -0.630. The molecule has 0 saturated heterocycles. The number of nitrogens with one attached hydrogen (secondary N) is 1. The van der Waals surface area contributed by atoms with E-state index in [0.29, 0.717) is 0 Å². The molecule has 0 heterocycles. The van der Waals surface area contributed by atoms with Crippen molar-refractivity contribution in [3.63, 3.8) is 0 Å². The van der Waals surface area contributed by atoms with E-state index >= 15 is 0 Å². The number of carbonyl (C=O) groups is 1. The Morgan fingerprint density at radius 3 is 2.62 bits per heavy atom. The van der Waals surface area contributed by atoms with E-state index in [1.54, 1.807) is 0 Å². The lowest BCUT2D eigenvalue weighted by molar-refractivity contribution is 0.0937. The van der Waals surface area contributed by atoms with Crippen molar-refractivity contribution in [1.29, 1.82) is 0 Å². The normalized spacial score (nSPS) is 13.0. The van der Waals surface area contributed by atoms with Crippen LogP contribution < -0.4 is 10.5 Å². The van der Waals surface area contributed by atoms with Crippen LogP contribution in [-0.2, 0) is 10.0 Å². The van der Waals surface area contributed by atoms with Crippen molar-refractivity contribution in [2.75, 3.05) is 0 Å². The van der Waals surface area contributed by atoms with Crippen molar-refractivity contribution in [2.24, 2.45) is 5.14 Å². The molecule has 1 amide bonds. The number of benzene rings is 1. The molecule has 0 fully saturated rings. The van der Waals surface area contributed by atoms with Crippen LogP contribution in [0.4, 0.5) is 0 Å². The molecular weight excluding hydrogens is 380 g/mol. The summed E-state index contributed by atoms with van der Waals surface area (Å²) in [7, 11) is -3.97. The second-order valence-electron chi connectivity index (χ2n) is 4.83. The number of rotatable bonds is 6. The number of sulfonamides is 1. The molecular formula is C13H18BrClN2O3S. The molecule has 0 aliphatic heterocycles. The van der Waals surface area contributed by atoms with E-state index < -0.39 is 10.0 Å². The lowest BCUT2D eigenvalue weighted by atomic mass is 10.1. The van der Waals surface area contributed by atoms with Crippen LogP contribution in [0.1, 0.15) is 43.5 Å². The summed E-state index contributed by atoms with van der Waals surface area (Å²) in [6.07, 6.45) is 2.90. The highest BCUT2D eigenvalue weighted by atomic mass is 79.9. The first-order chi connectivity index (χ1) is 9.66. The predicted octanol–water partition coefficient (Wildman–Crippen LogP) is 3.06. The quantitative estimate of drug-likeness (QED) is 0.773. The lowest BCUT2D eigenvalue weighted by Crippen LogP contribution is -2.32. The van der Waals surface area contributed by atoms with Crippen molar-refractivity contribution < 1.29 is 13.2 Å². The minimum Gasteiger partial charge on any atom is -0.350 e. The molecule has 21 heavy (non-hydrogen) atoms. The lowest BCUT2D eigenvalue weighted by Gasteiger charge is -2.14. The Morgan fingerprint density at radius 1 is 1.48 bits per heavy atom. The number of carbonyl (C=O) groups excluding carboxylic acids is 1. The van der Waals surface area contributed by atoms with Gasteiger partial charge in [0, 0.05) is 11.6 Å². The molecule has 1 aromatic carbocycles. The maximum Gasteiger partial charge on any atom is 0.251 e. The molecule has 8 heteroatoms. The van der Waals surface area contributed by atoms with Crippen LogP contribution in [0.2, 0.25) is 5.02 Å². The Bertz CT molecular complexity index is 635. The van der Waals surface area contributed by atoms with Gasteiger partial charge in [0.1, 0.15) is 0 Å². The van der Waals surface area contributed by atoms with Gasteiger partial charge in [-0.15, -0.1) is 0 Å². The van der Waals surface area contributed by atoms with Gasteiger partial charge in [-0.3, -0.25) is 4.79 Å². The molecule has 0 radical (unpaired) electrons.